The summed E-state index contributed by atoms with van der Waals surface area (Å²) in [6, 6.07) is -0.688. The van der Waals surface area contributed by atoms with Crippen molar-refractivity contribution in [3.63, 3.8) is 0 Å². The lowest BCUT2D eigenvalue weighted by molar-refractivity contribution is -0.122. The largest absolute Gasteiger partial charge is 0.347 e. The van der Waals surface area contributed by atoms with Crippen LogP contribution in [0.25, 0.3) is 0 Å². The molecule has 1 atom stereocenters. The van der Waals surface area contributed by atoms with Crippen LogP contribution in [0.3, 0.4) is 0 Å². The normalized spacial score (nSPS) is 11.7. The number of amides is 1. The fraction of sp³-hybridized carbons (Fsp3) is 0.429. The molecule has 74 valence electrons. The highest BCUT2D eigenvalue weighted by molar-refractivity contribution is 5.81. The molecular weight excluding hydrogens is 184 g/mol. The first-order chi connectivity index (χ1) is 6.74. The number of nitrogens with one attached hydrogen (secondary N) is 2. The van der Waals surface area contributed by atoms with Gasteiger partial charge in [-0.2, -0.15) is 5.21 Å². The number of H-pyrrole nitrogens is 1. The second-order valence-corrected chi connectivity index (χ2v) is 2.56. The summed E-state index contributed by atoms with van der Waals surface area (Å²) in [5.74, 6) is 2.37. The van der Waals surface area contributed by atoms with Crippen molar-refractivity contribution in [1.82, 2.24) is 25.9 Å². The quantitative estimate of drug-likeness (QED) is 0.488. The Hall–Kier alpha value is -1.94. The maximum Gasteiger partial charge on any atom is 0.238 e. The van der Waals surface area contributed by atoms with Gasteiger partial charge < -0.3 is 11.1 Å². The number of carbonyl (C=O) groups excluding carboxylic acids is 1. The van der Waals surface area contributed by atoms with Crippen LogP contribution in [0.5, 0.6) is 0 Å². The predicted molar refractivity (Wildman–Crippen MR) is 47.4 cm³/mol. The van der Waals surface area contributed by atoms with Crippen molar-refractivity contribution in [2.75, 3.05) is 0 Å². The molecule has 1 rings (SSSR count). The first kappa shape index (κ1) is 10.1. The van der Waals surface area contributed by atoms with Crippen molar-refractivity contribution in [3.05, 3.63) is 5.82 Å². The van der Waals surface area contributed by atoms with Crippen molar-refractivity contribution in [2.45, 2.75) is 19.0 Å². The van der Waals surface area contributed by atoms with Crippen molar-refractivity contribution < 1.29 is 4.79 Å². The maximum absolute atomic E-state index is 11.2. The zero-order valence-electron chi connectivity index (χ0n) is 7.40. The average molecular weight is 194 g/mol. The van der Waals surface area contributed by atoms with E-state index in [-0.39, 0.29) is 18.9 Å². The molecule has 0 saturated carbocycles. The summed E-state index contributed by atoms with van der Waals surface area (Å²) in [4.78, 5) is 11.2. The van der Waals surface area contributed by atoms with E-state index in [9.17, 15) is 4.79 Å². The van der Waals surface area contributed by atoms with Crippen LogP contribution in [0.2, 0.25) is 0 Å². The Morgan fingerprint density at radius 2 is 2.57 bits per heavy atom. The van der Waals surface area contributed by atoms with Crippen LogP contribution in [0.4, 0.5) is 0 Å². The number of aromatic nitrogens is 4. The van der Waals surface area contributed by atoms with Gasteiger partial charge in [0.25, 0.3) is 0 Å². The van der Waals surface area contributed by atoms with E-state index in [1.165, 1.54) is 0 Å². The molecule has 7 nitrogen and oxygen atoms in total. The number of nitrogens with two attached hydrogens (primary N) is 1. The molecule has 1 amide bonds. The summed E-state index contributed by atoms with van der Waals surface area (Å²) < 4.78 is 0. The molecular formula is C7H10N6O. The number of terminal acetylenes is 1. The Labute approximate surface area is 80.4 Å². The highest BCUT2D eigenvalue weighted by Gasteiger charge is 2.11. The van der Waals surface area contributed by atoms with Gasteiger partial charge in [0, 0.05) is 6.42 Å². The smallest absolute Gasteiger partial charge is 0.238 e. The summed E-state index contributed by atoms with van der Waals surface area (Å²) in [6.45, 7) is 0.188. The van der Waals surface area contributed by atoms with Gasteiger partial charge in [0.15, 0.2) is 5.82 Å². The predicted octanol–water partition coefficient (Wildman–Crippen LogP) is -1.83. The van der Waals surface area contributed by atoms with E-state index in [0.717, 1.165) is 0 Å². The van der Waals surface area contributed by atoms with Crippen LogP contribution in [0.15, 0.2) is 0 Å². The minimum Gasteiger partial charge on any atom is -0.347 e. The van der Waals surface area contributed by atoms with Crippen LogP contribution in [-0.4, -0.2) is 32.6 Å². The highest BCUT2D eigenvalue weighted by Crippen LogP contribution is 1.87. The molecule has 0 bridgehead atoms. The van der Waals surface area contributed by atoms with Crippen molar-refractivity contribution >= 4 is 5.91 Å². The third-order valence-electron chi connectivity index (χ3n) is 1.48. The molecule has 0 spiro atoms. The van der Waals surface area contributed by atoms with Crippen LogP contribution < -0.4 is 11.1 Å². The Morgan fingerprint density at radius 3 is 3.14 bits per heavy atom. The molecule has 4 N–H and O–H groups in total. The lowest BCUT2D eigenvalue weighted by Gasteiger charge is -2.07. The highest BCUT2D eigenvalue weighted by atomic mass is 16.2. The van der Waals surface area contributed by atoms with Crippen LogP contribution in [0, 0.1) is 12.3 Å². The zero-order valence-corrected chi connectivity index (χ0v) is 7.40. The van der Waals surface area contributed by atoms with Gasteiger partial charge in [0.05, 0.1) is 12.6 Å². The molecule has 1 aromatic heterocycles. The first-order valence-electron chi connectivity index (χ1n) is 3.93. The van der Waals surface area contributed by atoms with Gasteiger partial charge in [-0.05, 0) is 0 Å². The van der Waals surface area contributed by atoms with E-state index < -0.39 is 6.04 Å². The molecule has 0 aliphatic rings. The summed E-state index contributed by atoms with van der Waals surface area (Å²) in [6.07, 6.45) is 5.21. The number of rotatable bonds is 4. The van der Waals surface area contributed by atoms with E-state index in [0.29, 0.717) is 5.82 Å². The van der Waals surface area contributed by atoms with E-state index in [4.69, 9.17) is 12.2 Å². The molecule has 1 aromatic rings. The van der Waals surface area contributed by atoms with Crippen LogP contribution >= 0.6 is 0 Å². The molecule has 0 aliphatic carbocycles. The molecule has 14 heavy (non-hydrogen) atoms. The summed E-state index contributed by atoms with van der Waals surface area (Å²) >= 11 is 0. The van der Waals surface area contributed by atoms with E-state index in [1.54, 1.807) is 0 Å². The van der Waals surface area contributed by atoms with Gasteiger partial charge in [-0.25, -0.2) is 0 Å². The SMILES string of the molecule is C#CC[C@@H](N)C(=O)NCc1nn[nH]n1. The summed E-state index contributed by atoms with van der Waals surface area (Å²) in [7, 11) is 0. The van der Waals surface area contributed by atoms with Gasteiger partial charge in [-0.15, -0.1) is 22.5 Å². The van der Waals surface area contributed by atoms with Gasteiger partial charge >= 0.3 is 0 Å². The zero-order chi connectivity index (χ0) is 10.4. The van der Waals surface area contributed by atoms with Crippen molar-refractivity contribution in [2.24, 2.45) is 5.73 Å². The third-order valence-corrected chi connectivity index (χ3v) is 1.48. The van der Waals surface area contributed by atoms with E-state index in [1.807, 2.05) is 0 Å². The fourth-order valence-electron chi connectivity index (χ4n) is 0.774. The number of hydrogen-bond acceptors (Lipinski definition) is 5. The van der Waals surface area contributed by atoms with Gasteiger partial charge in [-0.3, -0.25) is 4.79 Å². The molecule has 1 heterocycles. The molecule has 7 heteroatoms. The fourth-order valence-corrected chi connectivity index (χ4v) is 0.774. The first-order valence-corrected chi connectivity index (χ1v) is 3.93. The van der Waals surface area contributed by atoms with Crippen LogP contribution in [-0.2, 0) is 11.3 Å². The van der Waals surface area contributed by atoms with E-state index >= 15 is 0 Å². The number of nitrogens with zero attached hydrogens (tertiary/aromatic N) is 3. The minimum atomic E-state index is -0.688. The van der Waals surface area contributed by atoms with Crippen molar-refractivity contribution in [3.8, 4) is 12.3 Å². The standard InChI is InChI=1S/C7H10N6O/c1-2-3-5(8)7(14)9-4-6-10-12-13-11-6/h1,5H,3-4,8H2,(H,9,14)(H,10,11,12,13)/t5-/m1/s1. The molecule has 0 radical (unpaired) electrons. The van der Waals surface area contributed by atoms with E-state index in [2.05, 4.69) is 31.9 Å². The molecule has 0 aliphatic heterocycles. The average Bonchev–Trinajstić information content (AvgIpc) is 2.67. The summed E-state index contributed by atoms with van der Waals surface area (Å²) in [5.41, 5.74) is 5.45. The third kappa shape index (κ3) is 2.84. The maximum atomic E-state index is 11.2. The second-order valence-electron chi connectivity index (χ2n) is 2.56. The Bertz CT molecular complexity index is 326. The monoisotopic (exact) mass is 194 g/mol. The Kier molecular flexibility index (Phi) is 3.58. The van der Waals surface area contributed by atoms with Gasteiger partial charge in [0.2, 0.25) is 5.91 Å². The number of carbonyl (C=O) groups is 1. The molecule has 0 aromatic carbocycles. The number of tetrazole rings is 1. The summed E-state index contributed by atoms with van der Waals surface area (Å²) in [5, 5.41) is 15.4. The number of aromatic amines is 1. The minimum absolute atomic E-state index is 0.188. The second kappa shape index (κ2) is 4.94. The number of hydrogen-bond donors (Lipinski definition) is 3. The molecule has 0 fully saturated rings. The Morgan fingerprint density at radius 1 is 1.79 bits per heavy atom. The van der Waals surface area contributed by atoms with Gasteiger partial charge in [-0.1, -0.05) is 5.21 Å². The topological polar surface area (TPSA) is 110 Å². The lowest BCUT2D eigenvalue weighted by atomic mass is 10.2. The van der Waals surface area contributed by atoms with Gasteiger partial charge in [0.1, 0.15) is 0 Å². The Balaban J connectivity index is 2.32. The molecule has 0 unspecified atom stereocenters. The molecule has 0 saturated heterocycles. The van der Waals surface area contributed by atoms with Crippen molar-refractivity contribution in [1.29, 1.82) is 0 Å². The van der Waals surface area contributed by atoms with Crippen LogP contribution in [0.1, 0.15) is 12.2 Å². The lowest BCUT2D eigenvalue weighted by Crippen LogP contribution is -2.40.